The maximum atomic E-state index is 4.74. The molecule has 1 saturated carbocycles. The molecule has 1 heterocycles. The average molecular weight is 302 g/mol. The van der Waals surface area contributed by atoms with Gasteiger partial charge in [-0.25, -0.2) is 0 Å². The maximum Gasteiger partial charge on any atom is 0.156 e. The quantitative estimate of drug-likeness (QED) is 0.794. The molecule has 2 fully saturated rings. The van der Waals surface area contributed by atoms with Gasteiger partial charge in [0.15, 0.2) is 5.17 Å². The highest BCUT2D eigenvalue weighted by molar-refractivity contribution is 8.14. The third-order valence-corrected chi connectivity index (χ3v) is 5.66. The van der Waals surface area contributed by atoms with Gasteiger partial charge < -0.3 is 5.32 Å². The molecule has 1 N–H and O–H groups in total. The Bertz CT molecular complexity index is 452. The molecule has 3 rings (SSSR count). The van der Waals surface area contributed by atoms with Crippen LogP contribution in [0.2, 0.25) is 0 Å². The number of benzene rings is 1. The Morgan fingerprint density at radius 1 is 1.14 bits per heavy atom. The minimum absolute atomic E-state index is 0.547. The summed E-state index contributed by atoms with van der Waals surface area (Å²) in [6.07, 6.45) is 9.59. The fourth-order valence-corrected chi connectivity index (χ4v) is 4.39. The smallest absolute Gasteiger partial charge is 0.156 e. The van der Waals surface area contributed by atoms with Crippen molar-refractivity contribution in [1.82, 2.24) is 5.32 Å². The van der Waals surface area contributed by atoms with Gasteiger partial charge in [0.05, 0.1) is 0 Å². The second-order valence-electron chi connectivity index (χ2n) is 6.32. The van der Waals surface area contributed by atoms with Gasteiger partial charge in [-0.2, -0.15) is 0 Å². The number of rotatable bonds is 6. The Morgan fingerprint density at radius 3 is 2.76 bits per heavy atom. The molecule has 0 bridgehead atoms. The molecule has 1 aliphatic carbocycles. The van der Waals surface area contributed by atoms with Crippen LogP contribution < -0.4 is 5.32 Å². The number of aliphatic imine (C=N–C) groups is 1. The number of amidine groups is 1. The summed E-state index contributed by atoms with van der Waals surface area (Å²) in [6.45, 7) is 1.00. The Labute approximate surface area is 132 Å². The maximum absolute atomic E-state index is 4.74. The fourth-order valence-electron chi connectivity index (χ4n) is 3.40. The van der Waals surface area contributed by atoms with Crippen LogP contribution in [0.25, 0.3) is 0 Å². The zero-order valence-electron chi connectivity index (χ0n) is 12.8. The van der Waals surface area contributed by atoms with Crippen molar-refractivity contribution in [3.8, 4) is 0 Å². The highest BCUT2D eigenvalue weighted by Gasteiger charge is 2.20. The third kappa shape index (κ3) is 4.77. The third-order valence-electron chi connectivity index (χ3n) is 4.57. The molecule has 2 aliphatic rings. The molecule has 1 aromatic carbocycles. The highest BCUT2D eigenvalue weighted by atomic mass is 32.2. The molecule has 114 valence electrons. The van der Waals surface area contributed by atoms with Gasteiger partial charge in [-0.3, -0.25) is 4.99 Å². The lowest BCUT2D eigenvalue weighted by Crippen LogP contribution is -2.29. The van der Waals surface area contributed by atoms with Crippen LogP contribution in [-0.2, 0) is 6.42 Å². The minimum atomic E-state index is 0.547. The van der Waals surface area contributed by atoms with E-state index in [2.05, 4.69) is 35.6 Å². The van der Waals surface area contributed by atoms with Gasteiger partial charge in [0, 0.05) is 18.3 Å². The first-order valence-corrected chi connectivity index (χ1v) is 9.36. The summed E-state index contributed by atoms with van der Waals surface area (Å²) >= 11 is 1.89. The van der Waals surface area contributed by atoms with Gasteiger partial charge >= 0.3 is 0 Å². The Morgan fingerprint density at radius 2 is 1.95 bits per heavy atom. The van der Waals surface area contributed by atoms with Gasteiger partial charge in [0.2, 0.25) is 0 Å². The van der Waals surface area contributed by atoms with Gasteiger partial charge in [-0.15, -0.1) is 0 Å². The summed E-state index contributed by atoms with van der Waals surface area (Å²) in [7, 11) is 0. The van der Waals surface area contributed by atoms with Crippen LogP contribution in [-0.4, -0.2) is 23.5 Å². The van der Waals surface area contributed by atoms with Gasteiger partial charge in [0.25, 0.3) is 0 Å². The lowest BCUT2D eigenvalue weighted by molar-refractivity contribution is 0.488. The van der Waals surface area contributed by atoms with Crippen molar-refractivity contribution in [2.24, 2.45) is 10.9 Å². The molecule has 1 saturated heterocycles. The minimum Gasteiger partial charge on any atom is -0.361 e. The summed E-state index contributed by atoms with van der Waals surface area (Å²) in [5, 5.41) is 4.75. The van der Waals surface area contributed by atoms with Crippen molar-refractivity contribution >= 4 is 16.9 Å². The number of thioether (sulfide) groups is 1. The van der Waals surface area contributed by atoms with Crippen molar-refractivity contribution in [1.29, 1.82) is 0 Å². The normalized spacial score (nSPS) is 24.6. The fraction of sp³-hybridized carbons (Fsp3) is 0.611. The predicted octanol–water partition coefficient (Wildman–Crippen LogP) is 4.26. The van der Waals surface area contributed by atoms with Crippen molar-refractivity contribution in [3.05, 3.63) is 35.9 Å². The molecule has 3 heteroatoms. The van der Waals surface area contributed by atoms with Gasteiger partial charge in [-0.05, 0) is 30.7 Å². The van der Waals surface area contributed by atoms with E-state index in [1.807, 2.05) is 11.8 Å². The topological polar surface area (TPSA) is 24.4 Å². The van der Waals surface area contributed by atoms with E-state index in [0.717, 1.165) is 24.6 Å². The second-order valence-corrected chi connectivity index (χ2v) is 7.33. The Balaban J connectivity index is 1.36. The van der Waals surface area contributed by atoms with Crippen LogP contribution in [0, 0.1) is 5.92 Å². The zero-order chi connectivity index (χ0) is 14.3. The molecule has 0 amide bonds. The standard InChI is InChI=1S/C18H26N2S/c1-2-9-16(10-3-1)13-17-14-21-18(20-17)19-12-6-11-15-7-4-5-8-15/h1-3,9-10,15,17H,4-8,11-14H2,(H,19,20). The number of nitrogens with one attached hydrogen (secondary N) is 1. The summed E-state index contributed by atoms with van der Waals surface area (Å²) in [5.74, 6) is 2.15. The van der Waals surface area contributed by atoms with Crippen LogP contribution in [0.1, 0.15) is 44.1 Å². The van der Waals surface area contributed by atoms with Crippen molar-refractivity contribution in [2.45, 2.75) is 51.0 Å². The lowest BCUT2D eigenvalue weighted by atomic mass is 10.0. The molecular weight excluding hydrogens is 276 g/mol. The molecule has 1 atom stereocenters. The van der Waals surface area contributed by atoms with Crippen LogP contribution in [0.5, 0.6) is 0 Å². The predicted molar refractivity (Wildman–Crippen MR) is 93.0 cm³/mol. The van der Waals surface area contributed by atoms with E-state index in [4.69, 9.17) is 4.99 Å². The number of nitrogens with zero attached hydrogens (tertiary/aromatic N) is 1. The average Bonchev–Trinajstić information content (AvgIpc) is 3.17. The summed E-state index contributed by atoms with van der Waals surface area (Å²) in [4.78, 5) is 4.74. The Kier molecular flexibility index (Phi) is 5.61. The second kappa shape index (κ2) is 7.88. The first-order chi connectivity index (χ1) is 10.4. The van der Waals surface area contributed by atoms with Crippen LogP contribution >= 0.6 is 11.8 Å². The molecule has 0 aromatic heterocycles. The highest BCUT2D eigenvalue weighted by Crippen LogP contribution is 2.28. The summed E-state index contributed by atoms with van der Waals surface area (Å²) in [6, 6.07) is 11.3. The Hall–Kier alpha value is -0.960. The summed E-state index contributed by atoms with van der Waals surface area (Å²) in [5.41, 5.74) is 1.41. The summed E-state index contributed by atoms with van der Waals surface area (Å²) < 4.78 is 0. The van der Waals surface area contributed by atoms with Crippen molar-refractivity contribution < 1.29 is 0 Å². The zero-order valence-corrected chi connectivity index (χ0v) is 13.6. The monoisotopic (exact) mass is 302 g/mol. The van der Waals surface area contributed by atoms with E-state index in [1.165, 1.54) is 49.3 Å². The SMILES string of the molecule is c1ccc(CC2CSC(=NCCCC3CCCC3)N2)cc1. The van der Waals surface area contributed by atoms with E-state index >= 15 is 0 Å². The van der Waals surface area contributed by atoms with Crippen LogP contribution in [0.15, 0.2) is 35.3 Å². The van der Waals surface area contributed by atoms with Crippen molar-refractivity contribution in [3.63, 3.8) is 0 Å². The molecule has 21 heavy (non-hydrogen) atoms. The molecule has 1 aromatic rings. The lowest BCUT2D eigenvalue weighted by Gasteiger charge is -2.10. The van der Waals surface area contributed by atoms with Gasteiger partial charge in [0.1, 0.15) is 0 Å². The van der Waals surface area contributed by atoms with E-state index < -0.39 is 0 Å². The molecule has 1 unspecified atom stereocenters. The van der Waals surface area contributed by atoms with Crippen LogP contribution in [0.4, 0.5) is 0 Å². The molecule has 1 aliphatic heterocycles. The largest absolute Gasteiger partial charge is 0.361 e. The molecular formula is C18H26N2S. The molecule has 2 nitrogen and oxygen atoms in total. The first-order valence-electron chi connectivity index (χ1n) is 8.38. The van der Waals surface area contributed by atoms with E-state index in [9.17, 15) is 0 Å². The van der Waals surface area contributed by atoms with Crippen LogP contribution in [0.3, 0.4) is 0 Å². The number of hydrogen-bond donors (Lipinski definition) is 1. The van der Waals surface area contributed by atoms with E-state index in [1.54, 1.807) is 0 Å². The number of hydrogen-bond acceptors (Lipinski definition) is 2. The molecule has 0 radical (unpaired) electrons. The molecule has 0 spiro atoms. The van der Waals surface area contributed by atoms with Gasteiger partial charge in [-0.1, -0.05) is 67.8 Å². The first kappa shape index (κ1) is 15.0. The van der Waals surface area contributed by atoms with E-state index in [-0.39, 0.29) is 0 Å². The van der Waals surface area contributed by atoms with E-state index in [0.29, 0.717) is 6.04 Å². The van der Waals surface area contributed by atoms with Crippen molar-refractivity contribution in [2.75, 3.05) is 12.3 Å².